The molecule has 0 radical (unpaired) electrons. The third-order valence-corrected chi connectivity index (χ3v) is 5.41. The molecule has 27 heavy (non-hydrogen) atoms. The Morgan fingerprint density at radius 3 is 2.44 bits per heavy atom. The first kappa shape index (κ1) is 19.7. The van der Waals surface area contributed by atoms with E-state index >= 15 is 0 Å². The van der Waals surface area contributed by atoms with Gasteiger partial charge < -0.3 is 9.64 Å². The molecule has 0 aromatic heterocycles. The number of benzene rings is 2. The molecule has 0 unspecified atom stereocenters. The number of piperazine rings is 1. The number of hydrogen-bond donors (Lipinski definition) is 0. The van der Waals surface area contributed by atoms with Gasteiger partial charge in [0.2, 0.25) is 0 Å². The van der Waals surface area contributed by atoms with Crippen LogP contribution in [0, 0.1) is 6.92 Å². The van der Waals surface area contributed by atoms with Crippen LogP contribution in [0.3, 0.4) is 0 Å². The molecule has 0 spiro atoms. The van der Waals surface area contributed by atoms with Crippen LogP contribution in [-0.4, -0.2) is 48.0 Å². The van der Waals surface area contributed by atoms with Gasteiger partial charge in [-0.25, -0.2) is 0 Å². The zero-order chi connectivity index (χ0) is 19.2. The normalized spacial score (nSPS) is 16.2. The number of aryl methyl sites for hydroxylation is 1. The van der Waals surface area contributed by atoms with Gasteiger partial charge in [-0.2, -0.15) is 0 Å². The lowest BCUT2D eigenvalue weighted by Crippen LogP contribution is -2.52. The third kappa shape index (κ3) is 5.24. The molecule has 1 aliphatic heterocycles. The maximum Gasteiger partial charge on any atom is 0.263 e. The van der Waals surface area contributed by atoms with Crippen molar-refractivity contribution >= 4 is 17.5 Å². The van der Waals surface area contributed by atoms with Crippen molar-refractivity contribution in [3.63, 3.8) is 0 Å². The van der Waals surface area contributed by atoms with Crippen LogP contribution >= 0.6 is 11.6 Å². The van der Waals surface area contributed by atoms with E-state index in [2.05, 4.69) is 29.2 Å². The molecule has 2 aromatic rings. The van der Waals surface area contributed by atoms with Crippen LogP contribution in [0.2, 0.25) is 5.02 Å². The molecule has 0 saturated carbocycles. The summed E-state index contributed by atoms with van der Waals surface area (Å²) in [7, 11) is 0. The van der Waals surface area contributed by atoms with Crippen LogP contribution in [0.4, 0.5) is 0 Å². The lowest BCUT2D eigenvalue weighted by atomic mass is 10.1. The lowest BCUT2D eigenvalue weighted by Gasteiger charge is -2.36. The summed E-state index contributed by atoms with van der Waals surface area (Å²) in [5, 5.41) is 0.705. The molecular formula is C22H27ClN2O2. The Balaban J connectivity index is 1.54. The second-order valence-corrected chi connectivity index (χ2v) is 7.42. The van der Waals surface area contributed by atoms with Gasteiger partial charge in [-0.3, -0.25) is 9.69 Å². The molecule has 1 fully saturated rings. The zero-order valence-corrected chi connectivity index (χ0v) is 16.8. The van der Waals surface area contributed by atoms with E-state index in [-0.39, 0.29) is 5.91 Å². The Kier molecular flexibility index (Phi) is 6.75. The number of halogens is 1. The highest BCUT2D eigenvalue weighted by molar-refractivity contribution is 6.31. The fourth-order valence-corrected chi connectivity index (χ4v) is 3.45. The maximum absolute atomic E-state index is 12.9. The second-order valence-electron chi connectivity index (χ2n) is 7.01. The lowest BCUT2D eigenvalue weighted by molar-refractivity contribution is -0.140. The van der Waals surface area contributed by atoms with Gasteiger partial charge in [0, 0.05) is 37.7 Å². The largest absolute Gasteiger partial charge is 0.481 e. The van der Waals surface area contributed by atoms with Crippen molar-refractivity contribution in [2.24, 2.45) is 0 Å². The first-order chi connectivity index (χ1) is 13.1. The average Bonchev–Trinajstić information content (AvgIpc) is 2.69. The van der Waals surface area contributed by atoms with E-state index in [0.29, 0.717) is 17.2 Å². The highest BCUT2D eigenvalue weighted by Crippen LogP contribution is 2.23. The predicted molar refractivity (Wildman–Crippen MR) is 109 cm³/mol. The molecule has 4 nitrogen and oxygen atoms in total. The monoisotopic (exact) mass is 386 g/mol. The van der Waals surface area contributed by atoms with E-state index < -0.39 is 6.10 Å². The van der Waals surface area contributed by atoms with Crippen LogP contribution in [0.15, 0.2) is 48.5 Å². The Morgan fingerprint density at radius 1 is 1.11 bits per heavy atom. The van der Waals surface area contributed by atoms with Crippen LogP contribution < -0.4 is 4.74 Å². The fraction of sp³-hybridized carbons (Fsp3) is 0.409. The number of carbonyl (C=O) groups excluding carboxylic acids is 1. The number of carbonyl (C=O) groups is 1. The Labute approximate surface area is 166 Å². The van der Waals surface area contributed by atoms with E-state index in [0.717, 1.165) is 38.3 Å². The maximum atomic E-state index is 12.9. The zero-order valence-electron chi connectivity index (χ0n) is 16.0. The minimum absolute atomic E-state index is 0.0736. The molecule has 0 N–H and O–H groups in total. The first-order valence-corrected chi connectivity index (χ1v) is 9.92. The Morgan fingerprint density at radius 2 is 1.81 bits per heavy atom. The summed E-state index contributed by atoms with van der Waals surface area (Å²) < 4.78 is 5.97. The standard InChI is InChI=1S/C22H27ClN2O2/c1-3-21(27-19-9-10-20(23)17(2)15-19)22(26)25-13-11-24(12-14-25)16-18-7-5-4-6-8-18/h4-10,15,21H,3,11-14,16H2,1-2H3/t21-/m0/s1. The van der Waals surface area contributed by atoms with Gasteiger partial charge in [0.05, 0.1) is 0 Å². The van der Waals surface area contributed by atoms with E-state index in [1.807, 2.05) is 43.0 Å². The second kappa shape index (κ2) is 9.25. The molecule has 1 amide bonds. The molecule has 144 valence electrons. The van der Waals surface area contributed by atoms with E-state index in [9.17, 15) is 4.79 Å². The van der Waals surface area contributed by atoms with Crippen molar-refractivity contribution in [2.45, 2.75) is 32.9 Å². The molecule has 0 aliphatic carbocycles. The molecule has 2 aromatic carbocycles. The van der Waals surface area contributed by atoms with Crippen molar-refractivity contribution in [2.75, 3.05) is 26.2 Å². The van der Waals surface area contributed by atoms with E-state index in [4.69, 9.17) is 16.3 Å². The highest BCUT2D eigenvalue weighted by Gasteiger charge is 2.28. The molecule has 1 aliphatic rings. The first-order valence-electron chi connectivity index (χ1n) is 9.54. The van der Waals surface area contributed by atoms with Gasteiger partial charge >= 0.3 is 0 Å². The molecular weight excluding hydrogens is 360 g/mol. The van der Waals surface area contributed by atoms with Gasteiger partial charge in [-0.05, 0) is 42.7 Å². The highest BCUT2D eigenvalue weighted by atomic mass is 35.5. The van der Waals surface area contributed by atoms with Gasteiger partial charge in [0.25, 0.3) is 5.91 Å². The summed E-state index contributed by atoms with van der Waals surface area (Å²) in [6.45, 7) is 8.10. The topological polar surface area (TPSA) is 32.8 Å². The molecule has 5 heteroatoms. The van der Waals surface area contributed by atoms with Crippen molar-refractivity contribution in [1.82, 2.24) is 9.80 Å². The fourth-order valence-electron chi connectivity index (χ4n) is 3.33. The summed E-state index contributed by atoms with van der Waals surface area (Å²) in [5.41, 5.74) is 2.26. The predicted octanol–water partition coefficient (Wildman–Crippen LogP) is 4.15. The summed E-state index contributed by atoms with van der Waals surface area (Å²) >= 11 is 6.07. The summed E-state index contributed by atoms with van der Waals surface area (Å²) in [6.07, 6.45) is 0.191. The molecule has 0 bridgehead atoms. The van der Waals surface area contributed by atoms with Crippen molar-refractivity contribution in [3.05, 3.63) is 64.7 Å². The average molecular weight is 387 g/mol. The SMILES string of the molecule is CC[C@H](Oc1ccc(Cl)c(C)c1)C(=O)N1CCN(Cc2ccccc2)CC1. The number of ether oxygens (including phenoxy) is 1. The van der Waals surface area contributed by atoms with Crippen LogP contribution in [-0.2, 0) is 11.3 Å². The summed E-state index contributed by atoms with van der Waals surface area (Å²) in [5.74, 6) is 0.768. The minimum atomic E-state index is -0.453. The van der Waals surface area contributed by atoms with Gasteiger partial charge in [-0.1, -0.05) is 48.9 Å². The summed E-state index contributed by atoms with van der Waals surface area (Å²) in [6, 6.07) is 16.0. The Hall–Kier alpha value is -2.04. The van der Waals surface area contributed by atoms with Gasteiger partial charge in [0.15, 0.2) is 6.10 Å². The van der Waals surface area contributed by atoms with Crippen molar-refractivity contribution in [3.8, 4) is 5.75 Å². The van der Waals surface area contributed by atoms with Crippen LogP contribution in [0.1, 0.15) is 24.5 Å². The number of nitrogens with zero attached hydrogens (tertiary/aromatic N) is 2. The van der Waals surface area contributed by atoms with Crippen LogP contribution in [0.5, 0.6) is 5.75 Å². The van der Waals surface area contributed by atoms with Gasteiger partial charge in [-0.15, -0.1) is 0 Å². The van der Waals surface area contributed by atoms with E-state index in [1.54, 1.807) is 0 Å². The molecule has 3 rings (SSSR count). The molecule has 1 heterocycles. The van der Waals surface area contributed by atoms with Crippen molar-refractivity contribution in [1.29, 1.82) is 0 Å². The number of amides is 1. The smallest absolute Gasteiger partial charge is 0.263 e. The Bertz CT molecular complexity index is 758. The minimum Gasteiger partial charge on any atom is -0.481 e. The third-order valence-electron chi connectivity index (χ3n) is 4.99. The molecule has 1 saturated heterocycles. The van der Waals surface area contributed by atoms with E-state index in [1.165, 1.54) is 5.56 Å². The van der Waals surface area contributed by atoms with Crippen molar-refractivity contribution < 1.29 is 9.53 Å². The number of hydrogen-bond acceptors (Lipinski definition) is 3. The molecule has 1 atom stereocenters. The summed E-state index contributed by atoms with van der Waals surface area (Å²) in [4.78, 5) is 17.2. The van der Waals surface area contributed by atoms with Crippen LogP contribution in [0.25, 0.3) is 0 Å². The number of rotatable bonds is 6. The quantitative estimate of drug-likeness (QED) is 0.747. The van der Waals surface area contributed by atoms with Gasteiger partial charge in [0.1, 0.15) is 5.75 Å².